The van der Waals surface area contributed by atoms with Crippen LogP contribution in [0.25, 0.3) is 0 Å². The van der Waals surface area contributed by atoms with Crippen LogP contribution in [0.2, 0.25) is 0 Å². The van der Waals surface area contributed by atoms with Crippen LogP contribution in [-0.4, -0.2) is 37.2 Å². The summed E-state index contributed by atoms with van der Waals surface area (Å²) < 4.78 is 16.7. The zero-order valence-electron chi connectivity index (χ0n) is 46.6. The summed E-state index contributed by atoms with van der Waals surface area (Å²) in [5.74, 6) is -1.13. The van der Waals surface area contributed by atoms with Gasteiger partial charge in [0.1, 0.15) is 13.2 Å². The van der Waals surface area contributed by atoms with Gasteiger partial charge in [0.15, 0.2) is 6.10 Å². The highest BCUT2D eigenvalue weighted by Gasteiger charge is 2.19. The largest absolute Gasteiger partial charge is 0.462 e. The molecule has 0 aliphatic heterocycles. The van der Waals surface area contributed by atoms with Crippen LogP contribution in [0.5, 0.6) is 0 Å². The van der Waals surface area contributed by atoms with Crippen molar-refractivity contribution in [2.45, 2.75) is 232 Å². The molecule has 0 aromatic carbocycles. The molecular formula is C67H104O6. The first-order chi connectivity index (χ1) is 36.0. The van der Waals surface area contributed by atoms with E-state index in [2.05, 4.69) is 154 Å². The van der Waals surface area contributed by atoms with Gasteiger partial charge in [-0.1, -0.05) is 243 Å². The molecule has 0 bridgehead atoms. The molecule has 0 saturated carbocycles. The van der Waals surface area contributed by atoms with Crippen molar-refractivity contribution in [1.29, 1.82) is 0 Å². The standard InChI is InChI=1S/C67H104O6/c1-4-7-10-13-16-19-22-25-28-31-33-36-39-42-45-48-51-54-57-60-66(69)72-63-64(62-71-65(68)59-56-53-50-47-44-41-38-35-30-27-24-21-18-15-12-9-6-3)73-67(70)61-58-55-52-49-46-43-40-37-34-32-29-26-23-20-17-14-11-8-5-2/h7-8,10-11,16-17,19-20,25-30,33-34,36-37,42-43,45-46,51-52,54-55,64H,4-6,9,12-15,18,21-24,31-32,35,38-41,44,47-50,53,56-63H2,1-3H3/b10-7+,11-8+,19-16+,20-17+,28-25+,29-26+,30-27+,36-33+,37-34+,45-42+,46-43+,54-51+,55-52+/t64-/m1/s1. The highest BCUT2D eigenvalue weighted by molar-refractivity contribution is 5.71. The molecule has 6 heteroatoms. The molecule has 408 valence electrons. The lowest BCUT2D eigenvalue weighted by atomic mass is 10.1. The number of hydrogen-bond donors (Lipinski definition) is 0. The molecular weight excluding hydrogens is 901 g/mol. The summed E-state index contributed by atoms with van der Waals surface area (Å²) in [6.45, 7) is 6.26. The Labute approximate surface area is 448 Å². The number of esters is 3. The molecule has 0 aliphatic carbocycles. The normalized spacial score (nSPS) is 13.3. The van der Waals surface area contributed by atoms with Crippen LogP contribution in [0.1, 0.15) is 226 Å². The van der Waals surface area contributed by atoms with Gasteiger partial charge in [-0.25, -0.2) is 0 Å². The van der Waals surface area contributed by atoms with Crippen LogP contribution >= 0.6 is 0 Å². The average Bonchev–Trinajstić information content (AvgIpc) is 3.39. The maximum Gasteiger partial charge on any atom is 0.306 e. The molecule has 1 atom stereocenters. The van der Waals surface area contributed by atoms with Crippen molar-refractivity contribution in [2.24, 2.45) is 0 Å². The van der Waals surface area contributed by atoms with Crippen LogP contribution in [0.15, 0.2) is 158 Å². The van der Waals surface area contributed by atoms with Crippen molar-refractivity contribution in [3.8, 4) is 0 Å². The molecule has 0 aliphatic rings. The maximum atomic E-state index is 12.8. The van der Waals surface area contributed by atoms with Crippen molar-refractivity contribution in [1.82, 2.24) is 0 Å². The van der Waals surface area contributed by atoms with E-state index >= 15 is 0 Å². The number of unbranched alkanes of at least 4 members (excludes halogenated alkanes) is 13. The third kappa shape index (κ3) is 57.8. The SMILES string of the molecule is CC/C=C/C/C=C/C/C=C/C/C=C/C/C=C/C/C=C/CCC(=O)OC[C@@H](COC(=O)CCCCCCCCC/C=C/CCCCCCCC)OC(=O)CC/C=C/C/C=C/C/C=C/C/C=C/C/C=C/C/C=C/CC. The second kappa shape index (κ2) is 59.6. The van der Waals surface area contributed by atoms with Crippen LogP contribution in [0.4, 0.5) is 0 Å². The van der Waals surface area contributed by atoms with E-state index in [1.165, 1.54) is 77.0 Å². The third-order valence-corrected chi connectivity index (χ3v) is 11.5. The molecule has 0 spiro atoms. The van der Waals surface area contributed by atoms with E-state index in [0.717, 1.165) is 96.3 Å². The minimum Gasteiger partial charge on any atom is -0.462 e. The molecule has 0 amide bonds. The smallest absolute Gasteiger partial charge is 0.306 e. The molecule has 73 heavy (non-hydrogen) atoms. The van der Waals surface area contributed by atoms with Gasteiger partial charge in [0.2, 0.25) is 0 Å². The van der Waals surface area contributed by atoms with Gasteiger partial charge in [-0.2, -0.15) is 0 Å². The van der Waals surface area contributed by atoms with E-state index in [9.17, 15) is 14.4 Å². The van der Waals surface area contributed by atoms with Crippen LogP contribution in [-0.2, 0) is 28.6 Å². The van der Waals surface area contributed by atoms with Gasteiger partial charge in [-0.05, 0) is 122 Å². The lowest BCUT2D eigenvalue weighted by Crippen LogP contribution is -2.30. The summed E-state index contributed by atoms with van der Waals surface area (Å²) in [7, 11) is 0. The number of hydrogen-bond acceptors (Lipinski definition) is 6. The topological polar surface area (TPSA) is 78.9 Å². The summed E-state index contributed by atoms with van der Waals surface area (Å²) >= 11 is 0. The minimum atomic E-state index is -0.859. The maximum absolute atomic E-state index is 12.8. The van der Waals surface area contributed by atoms with Crippen molar-refractivity contribution < 1.29 is 28.6 Å². The Bertz CT molecular complexity index is 1670. The molecule has 0 aromatic heterocycles. The molecule has 0 fully saturated rings. The summed E-state index contributed by atoms with van der Waals surface area (Å²) in [6.07, 6.45) is 86.8. The first kappa shape index (κ1) is 68.0. The molecule has 0 unspecified atom stereocenters. The van der Waals surface area contributed by atoms with E-state index in [1.54, 1.807) is 0 Å². The Morgan fingerprint density at radius 1 is 0.288 bits per heavy atom. The highest BCUT2D eigenvalue weighted by atomic mass is 16.6. The van der Waals surface area contributed by atoms with Crippen LogP contribution in [0.3, 0.4) is 0 Å². The molecule has 0 aromatic rings. The van der Waals surface area contributed by atoms with E-state index in [0.29, 0.717) is 19.3 Å². The van der Waals surface area contributed by atoms with Crippen molar-refractivity contribution in [3.05, 3.63) is 158 Å². The first-order valence-corrected chi connectivity index (χ1v) is 29.0. The summed E-state index contributed by atoms with van der Waals surface area (Å²) in [4.78, 5) is 38.1. The zero-order chi connectivity index (χ0) is 52.9. The fourth-order valence-corrected chi connectivity index (χ4v) is 7.25. The van der Waals surface area contributed by atoms with Gasteiger partial charge < -0.3 is 14.2 Å². The Kier molecular flexibility index (Phi) is 55.5. The third-order valence-electron chi connectivity index (χ3n) is 11.5. The Morgan fingerprint density at radius 2 is 0.562 bits per heavy atom. The number of carbonyl (C=O) groups is 3. The number of allylic oxidation sites excluding steroid dienone is 26. The summed E-state index contributed by atoms with van der Waals surface area (Å²) in [6, 6.07) is 0. The second-order valence-electron chi connectivity index (χ2n) is 18.4. The van der Waals surface area contributed by atoms with Gasteiger partial charge >= 0.3 is 17.9 Å². The molecule has 0 rings (SSSR count). The molecule has 0 heterocycles. The lowest BCUT2D eigenvalue weighted by Gasteiger charge is -2.18. The fourth-order valence-electron chi connectivity index (χ4n) is 7.25. The number of carbonyl (C=O) groups excluding carboxylic acids is 3. The van der Waals surface area contributed by atoms with Gasteiger partial charge in [0.05, 0.1) is 0 Å². The predicted octanol–water partition coefficient (Wildman–Crippen LogP) is 19.8. The first-order valence-electron chi connectivity index (χ1n) is 29.0. The zero-order valence-corrected chi connectivity index (χ0v) is 46.6. The van der Waals surface area contributed by atoms with E-state index in [-0.39, 0.29) is 38.0 Å². The Balaban J connectivity index is 4.65. The lowest BCUT2D eigenvalue weighted by molar-refractivity contribution is -0.166. The van der Waals surface area contributed by atoms with Gasteiger partial charge in [-0.15, -0.1) is 0 Å². The molecule has 0 N–H and O–H groups in total. The average molecular weight is 1010 g/mol. The quantitative estimate of drug-likeness (QED) is 0.0261. The van der Waals surface area contributed by atoms with E-state index in [4.69, 9.17) is 14.2 Å². The predicted molar refractivity (Wildman–Crippen MR) is 315 cm³/mol. The van der Waals surface area contributed by atoms with Crippen molar-refractivity contribution >= 4 is 17.9 Å². The highest BCUT2D eigenvalue weighted by Crippen LogP contribution is 2.13. The van der Waals surface area contributed by atoms with Crippen molar-refractivity contribution in [2.75, 3.05) is 13.2 Å². The summed E-state index contributed by atoms with van der Waals surface area (Å²) in [5, 5.41) is 0. The minimum absolute atomic E-state index is 0.141. The Hall–Kier alpha value is -4.97. The molecule has 6 nitrogen and oxygen atoms in total. The van der Waals surface area contributed by atoms with Gasteiger partial charge in [0, 0.05) is 19.3 Å². The molecule has 0 saturated heterocycles. The van der Waals surface area contributed by atoms with E-state index in [1.807, 2.05) is 24.3 Å². The van der Waals surface area contributed by atoms with Gasteiger partial charge in [0.25, 0.3) is 0 Å². The number of rotatable bonds is 50. The summed E-state index contributed by atoms with van der Waals surface area (Å²) in [5.41, 5.74) is 0. The second-order valence-corrected chi connectivity index (χ2v) is 18.4. The molecule has 0 radical (unpaired) electrons. The monoisotopic (exact) mass is 1000 g/mol. The van der Waals surface area contributed by atoms with Crippen LogP contribution < -0.4 is 0 Å². The number of ether oxygens (including phenoxy) is 3. The van der Waals surface area contributed by atoms with E-state index < -0.39 is 12.1 Å². The van der Waals surface area contributed by atoms with Crippen molar-refractivity contribution in [3.63, 3.8) is 0 Å². The Morgan fingerprint density at radius 3 is 0.918 bits per heavy atom. The van der Waals surface area contributed by atoms with Crippen LogP contribution in [0, 0.1) is 0 Å². The van der Waals surface area contributed by atoms with Gasteiger partial charge in [-0.3, -0.25) is 14.4 Å². The fraction of sp³-hybridized carbons (Fsp3) is 0.567.